The average molecular weight is 309 g/mol. The first-order chi connectivity index (χ1) is 10.0. The number of nitrogens with one attached hydrogen (secondary N) is 1. The molecule has 1 N–H and O–H groups in total. The molecule has 1 aliphatic rings. The van der Waals surface area contributed by atoms with Crippen molar-refractivity contribution in [2.45, 2.75) is 12.8 Å². The first-order valence-electron chi connectivity index (χ1n) is 7.06. The van der Waals surface area contributed by atoms with Crippen LogP contribution >= 0.6 is 0 Å². The maximum Gasteiger partial charge on any atom is 0.298 e. The molecule has 0 saturated carbocycles. The molecule has 1 saturated heterocycles. The van der Waals surface area contributed by atoms with Crippen molar-refractivity contribution < 1.29 is 12.8 Å². The van der Waals surface area contributed by atoms with E-state index in [2.05, 4.69) is 14.6 Å². The minimum absolute atomic E-state index is 0.281. The summed E-state index contributed by atoms with van der Waals surface area (Å²) in [7, 11) is -3.13. The number of aromatic nitrogens is 1. The number of rotatable bonds is 4. The summed E-state index contributed by atoms with van der Waals surface area (Å²) < 4.78 is 30.7. The Balaban J connectivity index is 1.70. The lowest BCUT2D eigenvalue weighted by molar-refractivity contribution is 0.393. The van der Waals surface area contributed by atoms with Crippen molar-refractivity contribution in [2.24, 2.45) is 5.92 Å². The summed E-state index contributed by atoms with van der Waals surface area (Å²) in [5.74, 6) is 0.281. The van der Waals surface area contributed by atoms with Crippen LogP contribution in [0.4, 0.5) is 6.01 Å². The normalized spacial score (nSPS) is 20.0. The molecule has 7 heteroatoms. The summed E-state index contributed by atoms with van der Waals surface area (Å²) in [5.41, 5.74) is 1.63. The monoisotopic (exact) mass is 309 g/mol. The van der Waals surface area contributed by atoms with Gasteiger partial charge < -0.3 is 9.32 Å². The Morgan fingerprint density at radius 2 is 2.24 bits per heavy atom. The van der Waals surface area contributed by atoms with E-state index in [-0.39, 0.29) is 5.92 Å². The van der Waals surface area contributed by atoms with Crippen LogP contribution in [0, 0.1) is 5.92 Å². The van der Waals surface area contributed by atoms with Crippen LogP contribution in [-0.2, 0) is 10.0 Å². The van der Waals surface area contributed by atoms with E-state index in [1.165, 1.54) is 6.26 Å². The SMILES string of the molecule is CS(=O)(=O)NC[C@H]1CCCN(c2nc3ccccc3o2)C1. The Bertz CT molecular complexity index is 693. The Morgan fingerprint density at radius 1 is 1.43 bits per heavy atom. The fraction of sp³-hybridized carbons (Fsp3) is 0.500. The fourth-order valence-corrected chi connectivity index (χ4v) is 3.21. The maximum absolute atomic E-state index is 11.2. The van der Waals surface area contributed by atoms with Crippen LogP contribution in [0.1, 0.15) is 12.8 Å². The first-order valence-corrected chi connectivity index (χ1v) is 8.95. The summed E-state index contributed by atoms with van der Waals surface area (Å²) in [6.45, 7) is 2.12. The van der Waals surface area contributed by atoms with Crippen LogP contribution in [-0.4, -0.2) is 39.3 Å². The summed E-state index contributed by atoms with van der Waals surface area (Å²) in [6.07, 6.45) is 3.21. The van der Waals surface area contributed by atoms with Gasteiger partial charge in [0.25, 0.3) is 6.01 Å². The zero-order valence-corrected chi connectivity index (χ0v) is 12.8. The predicted octanol–water partition coefficient (Wildman–Crippen LogP) is 1.59. The van der Waals surface area contributed by atoms with E-state index in [9.17, 15) is 8.42 Å². The minimum Gasteiger partial charge on any atom is -0.423 e. The Morgan fingerprint density at radius 3 is 3.00 bits per heavy atom. The van der Waals surface area contributed by atoms with Crippen LogP contribution in [0.2, 0.25) is 0 Å². The second-order valence-electron chi connectivity index (χ2n) is 5.54. The average Bonchev–Trinajstić information content (AvgIpc) is 2.89. The smallest absolute Gasteiger partial charge is 0.298 e. The molecule has 3 rings (SSSR count). The Hall–Kier alpha value is -1.60. The van der Waals surface area contributed by atoms with Gasteiger partial charge in [-0.2, -0.15) is 4.98 Å². The van der Waals surface area contributed by atoms with Crippen molar-refractivity contribution in [1.82, 2.24) is 9.71 Å². The topological polar surface area (TPSA) is 75.4 Å². The maximum atomic E-state index is 11.2. The van der Waals surface area contributed by atoms with E-state index in [1.54, 1.807) is 0 Å². The van der Waals surface area contributed by atoms with E-state index < -0.39 is 10.0 Å². The van der Waals surface area contributed by atoms with Crippen molar-refractivity contribution in [1.29, 1.82) is 0 Å². The number of sulfonamides is 1. The molecule has 1 fully saturated rings. The molecular formula is C14H19N3O3S. The number of piperidine rings is 1. The molecule has 6 nitrogen and oxygen atoms in total. The summed E-state index contributed by atoms with van der Waals surface area (Å²) in [5, 5.41) is 0. The predicted molar refractivity (Wildman–Crippen MR) is 81.8 cm³/mol. The van der Waals surface area contributed by atoms with Crippen LogP contribution in [0.3, 0.4) is 0 Å². The van der Waals surface area contributed by atoms with E-state index >= 15 is 0 Å². The highest BCUT2D eigenvalue weighted by atomic mass is 32.2. The van der Waals surface area contributed by atoms with Crippen molar-refractivity contribution in [3.8, 4) is 0 Å². The minimum atomic E-state index is -3.13. The first kappa shape index (κ1) is 14.3. The molecule has 1 aromatic heterocycles. The van der Waals surface area contributed by atoms with Crippen molar-refractivity contribution in [2.75, 3.05) is 30.8 Å². The lowest BCUT2D eigenvalue weighted by Crippen LogP contribution is -2.40. The molecule has 0 radical (unpaired) electrons. The van der Waals surface area contributed by atoms with Gasteiger partial charge in [-0.25, -0.2) is 13.1 Å². The van der Waals surface area contributed by atoms with E-state index in [0.29, 0.717) is 12.6 Å². The van der Waals surface area contributed by atoms with Crippen molar-refractivity contribution in [3.63, 3.8) is 0 Å². The third kappa shape index (κ3) is 3.54. The molecular weight excluding hydrogens is 290 g/mol. The van der Waals surface area contributed by atoms with Gasteiger partial charge in [0.15, 0.2) is 5.58 Å². The van der Waals surface area contributed by atoms with Crippen LogP contribution in [0.5, 0.6) is 0 Å². The molecule has 2 heterocycles. The highest BCUT2D eigenvalue weighted by Crippen LogP contribution is 2.26. The number of hydrogen-bond acceptors (Lipinski definition) is 5. The number of benzene rings is 1. The molecule has 0 bridgehead atoms. The van der Waals surface area contributed by atoms with E-state index in [4.69, 9.17) is 4.42 Å². The zero-order chi connectivity index (χ0) is 14.9. The van der Waals surface area contributed by atoms with Gasteiger partial charge in [0.05, 0.1) is 6.26 Å². The second-order valence-corrected chi connectivity index (χ2v) is 7.37. The molecule has 0 aliphatic carbocycles. The largest absolute Gasteiger partial charge is 0.423 e. The molecule has 2 aromatic rings. The molecule has 1 aromatic carbocycles. The molecule has 1 atom stereocenters. The molecule has 0 unspecified atom stereocenters. The number of para-hydroxylation sites is 2. The highest BCUT2D eigenvalue weighted by Gasteiger charge is 2.24. The zero-order valence-electron chi connectivity index (χ0n) is 11.9. The third-order valence-electron chi connectivity index (χ3n) is 3.71. The van der Waals surface area contributed by atoms with Gasteiger partial charge in [0.1, 0.15) is 5.52 Å². The quantitative estimate of drug-likeness (QED) is 0.928. The van der Waals surface area contributed by atoms with Gasteiger partial charge in [0, 0.05) is 19.6 Å². The number of anilines is 1. The van der Waals surface area contributed by atoms with Gasteiger partial charge in [-0.1, -0.05) is 12.1 Å². The van der Waals surface area contributed by atoms with Gasteiger partial charge in [-0.15, -0.1) is 0 Å². The summed E-state index contributed by atoms with van der Waals surface area (Å²) in [4.78, 5) is 6.60. The Labute approximate surface area is 124 Å². The van der Waals surface area contributed by atoms with Crippen LogP contribution < -0.4 is 9.62 Å². The van der Waals surface area contributed by atoms with Gasteiger partial charge >= 0.3 is 0 Å². The molecule has 114 valence electrons. The van der Waals surface area contributed by atoms with Gasteiger partial charge in [0.2, 0.25) is 10.0 Å². The molecule has 0 amide bonds. The fourth-order valence-electron chi connectivity index (χ4n) is 2.67. The second kappa shape index (κ2) is 5.65. The number of nitrogens with zero attached hydrogens (tertiary/aromatic N) is 2. The van der Waals surface area contributed by atoms with E-state index in [1.807, 2.05) is 24.3 Å². The van der Waals surface area contributed by atoms with Crippen molar-refractivity contribution >= 4 is 27.1 Å². The van der Waals surface area contributed by atoms with Crippen molar-refractivity contribution in [3.05, 3.63) is 24.3 Å². The number of hydrogen-bond donors (Lipinski definition) is 1. The lowest BCUT2D eigenvalue weighted by atomic mass is 9.99. The van der Waals surface area contributed by atoms with E-state index in [0.717, 1.165) is 37.0 Å². The number of fused-ring (bicyclic) bond motifs is 1. The standard InChI is InChI=1S/C14H19N3O3S/c1-21(18,19)15-9-11-5-4-8-17(10-11)14-16-12-6-2-3-7-13(12)20-14/h2-3,6-7,11,15H,4-5,8-10H2,1H3/t11-/m1/s1. The lowest BCUT2D eigenvalue weighted by Gasteiger charge is -2.31. The molecule has 21 heavy (non-hydrogen) atoms. The number of oxazole rings is 1. The highest BCUT2D eigenvalue weighted by molar-refractivity contribution is 7.88. The van der Waals surface area contributed by atoms with Crippen LogP contribution in [0.15, 0.2) is 28.7 Å². The third-order valence-corrected chi connectivity index (χ3v) is 4.40. The van der Waals surface area contributed by atoms with Gasteiger partial charge in [-0.05, 0) is 30.9 Å². The Kier molecular flexibility index (Phi) is 3.86. The van der Waals surface area contributed by atoms with Gasteiger partial charge in [-0.3, -0.25) is 0 Å². The molecule has 1 aliphatic heterocycles. The summed E-state index contributed by atoms with van der Waals surface area (Å²) >= 11 is 0. The summed E-state index contributed by atoms with van der Waals surface area (Å²) in [6, 6.07) is 8.31. The van der Waals surface area contributed by atoms with Crippen LogP contribution in [0.25, 0.3) is 11.1 Å². The molecule has 0 spiro atoms.